The number of carbonyl (C=O) groups excluding carboxylic acids is 1. The summed E-state index contributed by atoms with van der Waals surface area (Å²) >= 11 is 0. The lowest BCUT2D eigenvalue weighted by Gasteiger charge is -2.58. The van der Waals surface area contributed by atoms with Crippen molar-refractivity contribution >= 4 is 16.9 Å². The molecule has 5 atom stereocenters. The number of H-pyrrole nitrogens is 1. The van der Waals surface area contributed by atoms with E-state index in [1.165, 1.54) is 17.4 Å². The first-order chi connectivity index (χ1) is 14.7. The van der Waals surface area contributed by atoms with Gasteiger partial charge in [0, 0.05) is 56.6 Å². The van der Waals surface area contributed by atoms with Crippen molar-refractivity contribution in [2.24, 2.45) is 11.8 Å². The number of nitrogens with zero attached hydrogens (tertiary/aromatic N) is 1. The average molecular weight is 413 g/mol. The number of fused-ring (bicyclic) bond motifs is 4. The Hall–Kier alpha value is -1.89. The van der Waals surface area contributed by atoms with Crippen molar-refractivity contribution in [1.29, 1.82) is 0 Å². The third-order valence-corrected chi connectivity index (χ3v) is 7.57. The Morgan fingerprint density at radius 3 is 2.87 bits per heavy atom. The van der Waals surface area contributed by atoms with Crippen LogP contribution in [0.25, 0.3) is 10.9 Å². The summed E-state index contributed by atoms with van der Waals surface area (Å²) in [4.78, 5) is 20.1. The van der Waals surface area contributed by atoms with Gasteiger partial charge in [-0.15, -0.1) is 0 Å². The molecule has 0 spiro atoms. The van der Waals surface area contributed by atoms with Crippen LogP contribution in [0.1, 0.15) is 30.5 Å². The van der Waals surface area contributed by atoms with E-state index in [4.69, 9.17) is 14.2 Å². The van der Waals surface area contributed by atoms with Crippen molar-refractivity contribution in [3.63, 3.8) is 0 Å². The second-order valence-corrected chi connectivity index (χ2v) is 9.16. The van der Waals surface area contributed by atoms with E-state index < -0.39 is 5.41 Å². The molecule has 2 saturated heterocycles. The molecule has 1 N–H and O–H groups in total. The molecule has 5 unspecified atom stereocenters. The maximum Gasteiger partial charge on any atom is 0.319 e. The topological polar surface area (TPSA) is 63.8 Å². The first-order valence-electron chi connectivity index (χ1n) is 11.2. The first-order valence-corrected chi connectivity index (χ1v) is 11.2. The van der Waals surface area contributed by atoms with Gasteiger partial charge in [0.2, 0.25) is 0 Å². The van der Waals surface area contributed by atoms with Gasteiger partial charge < -0.3 is 19.2 Å². The van der Waals surface area contributed by atoms with Crippen LogP contribution in [0, 0.1) is 11.8 Å². The zero-order valence-electron chi connectivity index (χ0n) is 18.0. The number of aromatic amines is 1. The van der Waals surface area contributed by atoms with E-state index in [9.17, 15) is 4.79 Å². The van der Waals surface area contributed by atoms with E-state index in [2.05, 4.69) is 34.1 Å². The minimum Gasteiger partial charge on any atom is -0.462 e. The number of ether oxygens (including phenoxy) is 3. The molecule has 1 aliphatic carbocycles. The fourth-order valence-electron chi connectivity index (χ4n) is 6.59. The molecule has 0 amide bonds. The Morgan fingerprint density at radius 1 is 1.20 bits per heavy atom. The maximum atomic E-state index is 13.9. The second-order valence-electron chi connectivity index (χ2n) is 9.16. The van der Waals surface area contributed by atoms with Crippen molar-refractivity contribution in [3.8, 4) is 0 Å². The highest BCUT2D eigenvalue weighted by Gasteiger charge is 2.63. The molecule has 30 heavy (non-hydrogen) atoms. The number of aromatic nitrogens is 1. The summed E-state index contributed by atoms with van der Waals surface area (Å²) in [5.74, 6) is 0.852. The third kappa shape index (κ3) is 3.00. The SMILES string of the molecule is COCCOC(=O)C12CC3CC(CCOC)C1N(CCc1c2[nH]c2ccccc12)C3. The number of benzene rings is 1. The zero-order valence-corrected chi connectivity index (χ0v) is 18.0. The van der Waals surface area contributed by atoms with Crippen molar-refractivity contribution in [1.82, 2.24) is 9.88 Å². The molecule has 4 bridgehead atoms. The molecule has 1 aromatic carbocycles. The van der Waals surface area contributed by atoms with Crippen molar-refractivity contribution in [2.75, 3.05) is 47.1 Å². The number of hydrogen-bond acceptors (Lipinski definition) is 5. The minimum absolute atomic E-state index is 0.0870. The molecule has 2 aromatic rings. The van der Waals surface area contributed by atoms with Crippen LogP contribution in [0.15, 0.2) is 24.3 Å². The van der Waals surface area contributed by atoms with Gasteiger partial charge in [0.25, 0.3) is 0 Å². The largest absolute Gasteiger partial charge is 0.462 e. The molecule has 3 fully saturated rings. The lowest BCUT2D eigenvalue weighted by molar-refractivity contribution is -0.167. The Bertz CT molecular complexity index is 925. The van der Waals surface area contributed by atoms with Crippen molar-refractivity contribution < 1.29 is 19.0 Å². The molecule has 1 saturated carbocycles. The zero-order chi connectivity index (χ0) is 20.7. The molecule has 6 nitrogen and oxygen atoms in total. The number of nitrogens with one attached hydrogen (secondary N) is 1. The number of rotatable bonds is 7. The second kappa shape index (κ2) is 7.98. The molecule has 1 aromatic heterocycles. The molecule has 0 radical (unpaired) electrons. The summed E-state index contributed by atoms with van der Waals surface area (Å²) < 4.78 is 16.5. The summed E-state index contributed by atoms with van der Waals surface area (Å²) in [5, 5.41) is 1.25. The molecule has 6 rings (SSSR count). The first kappa shape index (κ1) is 20.0. The summed E-state index contributed by atoms with van der Waals surface area (Å²) in [5.41, 5.74) is 2.88. The molecule has 3 aliphatic heterocycles. The van der Waals surface area contributed by atoms with Crippen LogP contribution in [0.3, 0.4) is 0 Å². The number of methoxy groups -OCH3 is 2. The number of para-hydroxylation sites is 1. The molecular weight excluding hydrogens is 380 g/mol. The van der Waals surface area contributed by atoms with Crippen LogP contribution in [0.5, 0.6) is 0 Å². The van der Waals surface area contributed by atoms with Gasteiger partial charge in [-0.25, -0.2) is 0 Å². The summed E-state index contributed by atoms with van der Waals surface area (Å²) in [6, 6.07) is 8.60. The predicted molar refractivity (Wildman–Crippen MR) is 115 cm³/mol. The van der Waals surface area contributed by atoms with Gasteiger partial charge in [0.1, 0.15) is 12.0 Å². The molecule has 162 valence electrons. The predicted octanol–water partition coefficient (Wildman–Crippen LogP) is 2.90. The van der Waals surface area contributed by atoms with Crippen LogP contribution >= 0.6 is 0 Å². The fraction of sp³-hybridized carbons (Fsp3) is 0.625. The Kier molecular flexibility index (Phi) is 5.33. The monoisotopic (exact) mass is 412 g/mol. The van der Waals surface area contributed by atoms with Crippen LogP contribution in [-0.4, -0.2) is 69.0 Å². The lowest BCUT2D eigenvalue weighted by Crippen LogP contribution is -2.67. The highest BCUT2D eigenvalue weighted by atomic mass is 16.6. The smallest absolute Gasteiger partial charge is 0.319 e. The van der Waals surface area contributed by atoms with Crippen LogP contribution < -0.4 is 0 Å². The number of piperidine rings is 2. The van der Waals surface area contributed by atoms with Crippen LogP contribution in [0.4, 0.5) is 0 Å². The van der Waals surface area contributed by atoms with Gasteiger partial charge in [-0.3, -0.25) is 9.69 Å². The number of carbonyl (C=O) groups is 1. The molecule has 4 heterocycles. The van der Waals surface area contributed by atoms with Gasteiger partial charge in [0.05, 0.1) is 6.61 Å². The summed E-state index contributed by atoms with van der Waals surface area (Å²) in [7, 11) is 3.40. The van der Waals surface area contributed by atoms with E-state index in [0.29, 0.717) is 25.0 Å². The summed E-state index contributed by atoms with van der Waals surface area (Å²) in [6.45, 7) is 3.53. The van der Waals surface area contributed by atoms with Crippen molar-refractivity contribution in [3.05, 3.63) is 35.5 Å². The average Bonchev–Trinajstić information content (AvgIpc) is 3.10. The standard InChI is InChI=1S/C24H32N2O4/c1-28-10-8-17-13-16-14-24(23(27)30-12-11-29-2)21-19(7-9-26(15-16)22(17)24)18-5-3-4-6-20(18)25-21/h3-6,16-17,22,25H,7-15H2,1-2H3. The molecule has 6 heteroatoms. The van der Waals surface area contributed by atoms with Gasteiger partial charge in [-0.05, 0) is 49.1 Å². The molecule has 4 aliphatic rings. The van der Waals surface area contributed by atoms with E-state index >= 15 is 0 Å². The van der Waals surface area contributed by atoms with E-state index in [1.807, 2.05) is 0 Å². The fourth-order valence-corrected chi connectivity index (χ4v) is 6.59. The van der Waals surface area contributed by atoms with Crippen LogP contribution in [0.2, 0.25) is 0 Å². The third-order valence-electron chi connectivity index (χ3n) is 7.57. The van der Waals surface area contributed by atoms with E-state index in [-0.39, 0.29) is 12.0 Å². The van der Waals surface area contributed by atoms with Crippen LogP contribution in [-0.2, 0) is 30.8 Å². The van der Waals surface area contributed by atoms with Gasteiger partial charge in [-0.1, -0.05) is 18.2 Å². The number of esters is 1. The number of hydrogen-bond donors (Lipinski definition) is 1. The highest BCUT2D eigenvalue weighted by molar-refractivity contribution is 5.91. The van der Waals surface area contributed by atoms with Gasteiger partial charge >= 0.3 is 5.97 Å². The normalized spacial score (nSPS) is 32.1. The lowest BCUT2D eigenvalue weighted by atomic mass is 9.56. The summed E-state index contributed by atoms with van der Waals surface area (Å²) in [6.07, 6.45) is 3.99. The Morgan fingerprint density at radius 2 is 2.03 bits per heavy atom. The van der Waals surface area contributed by atoms with Crippen molar-refractivity contribution in [2.45, 2.75) is 37.1 Å². The van der Waals surface area contributed by atoms with Gasteiger partial charge in [-0.2, -0.15) is 0 Å². The van der Waals surface area contributed by atoms with E-state index in [0.717, 1.165) is 50.2 Å². The quantitative estimate of drug-likeness (QED) is 0.560. The Balaban J connectivity index is 1.65. The van der Waals surface area contributed by atoms with Gasteiger partial charge in [0.15, 0.2) is 0 Å². The van der Waals surface area contributed by atoms with E-state index in [1.54, 1.807) is 14.2 Å². The highest BCUT2D eigenvalue weighted by Crippen LogP contribution is 2.55. The molecular formula is C24H32N2O4. The Labute approximate surface area is 177 Å². The minimum atomic E-state index is -0.641. The maximum absolute atomic E-state index is 13.9.